The molecule has 0 saturated heterocycles. The third-order valence-corrected chi connectivity index (χ3v) is 7.47. The molecule has 2 N–H and O–H groups in total. The Balaban J connectivity index is 1.37. The van der Waals surface area contributed by atoms with E-state index in [0.29, 0.717) is 5.82 Å². The van der Waals surface area contributed by atoms with Gasteiger partial charge in [-0.2, -0.15) is 0 Å². The zero-order chi connectivity index (χ0) is 21.0. The van der Waals surface area contributed by atoms with E-state index in [1.807, 2.05) is 42.5 Å². The molecule has 4 fully saturated rings. The van der Waals surface area contributed by atoms with E-state index in [0.717, 1.165) is 53.5 Å². The zero-order valence-electron chi connectivity index (χ0n) is 17.3. The summed E-state index contributed by atoms with van der Waals surface area (Å²) in [6.07, 6.45) is 8.65. The van der Waals surface area contributed by atoms with Crippen molar-refractivity contribution in [3.8, 4) is 0 Å². The molecule has 7 rings (SSSR count). The highest BCUT2D eigenvalue weighted by Crippen LogP contribution is 2.57. The molecular weight excluding hydrogens is 390 g/mol. The highest BCUT2D eigenvalue weighted by molar-refractivity contribution is 5.96. The van der Waals surface area contributed by atoms with Crippen molar-refractivity contribution in [3.63, 3.8) is 0 Å². The molecule has 0 atom stereocenters. The van der Waals surface area contributed by atoms with Crippen LogP contribution in [0.2, 0.25) is 0 Å². The monoisotopic (exact) mass is 415 g/mol. The van der Waals surface area contributed by atoms with E-state index in [1.54, 1.807) is 0 Å². The average molecular weight is 415 g/mol. The van der Waals surface area contributed by atoms with Crippen molar-refractivity contribution in [2.75, 3.05) is 10.6 Å². The summed E-state index contributed by atoms with van der Waals surface area (Å²) in [5.74, 6) is 2.79. The minimum absolute atomic E-state index is 0.0649. The second-order valence-corrected chi connectivity index (χ2v) is 9.65. The van der Waals surface area contributed by atoms with Gasteiger partial charge in [0.05, 0.1) is 4.92 Å². The van der Waals surface area contributed by atoms with E-state index in [2.05, 4.69) is 20.6 Å². The van der Waals surface area contributed by atoms with Gasteiger partial charge in [0.25, 0.3) is 0 Å². The van der Waals surface area contributed by atoms with Crippen LogP contribution in [0.4, 0.5) is 23.0 Å². The molecule has 7 heteroatoms. The zero-order valence-corrected chi connectivity index (χ0v) is 17.3. The summed E-state index contributed by atoms with van der Waals surface area (Å²) in [6.45, 7) is 0. The van der Waals surface area contributed by atoms with Crippen LogP contribution in [0.15, 0.2) is 48.8 Å². The second kappa shape index (κ2) is 6.90. The molecule has 4 bridgehead atoms. The van der Waals surface area contributed by atoms with Gasteiger partial charge in [-0.25, -0.2) is 9.97 Å². The minimum Gasteiger partial charge on any atom is -0.359 e. The summed E-state index contributed by atoms with van der Waals surface area (Å²) >= 11 is 0. The number of benzene rings is 2. The van der Waals surface area contributed by atoms with E-state index in [1.165, 1.54) is 25.6 Å². The molecule has 0 amide bonds. The van der Waals surface area contributed by atoms with E-state index in [-0.39, 0.29) is 22.0 Å². The van der Waals surface area contributed by atoms with Gasteiger partial charge in [-0.3, -0.25) is 10.1 Å². The Bertz CT molecular complexity index is 1140. The molecule has 31 heavy (non-hydrogen) atoms. The van der Waals surface area contributed by atoms with Crippen LogP contribution in [-0.2, 0) is 0 Å². The Morgan fingerprint density at radius 2 is 1.55 bits per heavy atom. The summed E-state index contributed by atoms with van der Waals surface area (Å²) in [4.78, 5) is 20.4. The number of nitro groups is 1. The fourth-order valence-electron chi connectivity index (χ4n) is 6.71. The van der Waals surface area contributed by atoms with Gasteiger partial charge in [0.2, 0.25) is 11.6 Å². The van der Waals surface area contributed by atoms with E-state index in [9.17, 15) is 10.1 Å². The van der Waals surface area contributed by atoms with E-state index >= 15 is 0 Å². The molecule has 0 aliphatic heterocycles. The lowest BCUT2D eigenvalue weighted by Crippen LogP contribution is -2.55. The molecule has 4 saturated carbocycles. The topological polar surface area (TPSA) is 93.0 Å². The van der Waals surface area contributed by atoms with Crippen molar-refractivity contribution in [1.29, 1.82) is 0 Å². The molecule has 3 aromatic rings. The van der Waals surface area contributed by atoms with Gasteiger partial charge < -0.3 is 10.6 Å². The maximum atomic E-state index is 12.1. The van der Waals surface area contributed by atoms with Crippen molar-refractivity contribution < 1.29 is 4.92 Å². The minimum atomic E-state index is -0.365. The third kappa shape index (κ3) is 3.19. The fourth-order valence-corrected chi connectivity index (χ4v) is 6.71. The number of nitrogens with zero attached hydrogens (tertiary/aromatic N) is 3. The molecule has 4 aliphatic rings. The molecule has 0 spiro atoms. The van der Waals surface area contributed by atoms with Crippen molar-refractivity contribution >= 4 is 33.8 Å². The molecule has 7 nitrogen and oxygen atoms in total. The second-order valence-electron chi connectivity index (χ2n) is 9.65. The standard InChI is InChI=1S/C24H25N5O2/c30-29(31)21-22(27-20-7-3-5-18-4-1-2-6-19(18)20)25-14-26-23(21)28-24-11-15-8-16(12-24)10-17(9-15)13-24/h1-7,14-17H,8-13H2,(H2,25,26,27,28). The Morgan fingerprint density at radius 1 is 0.903 bits per heavy atom. The molecule has 0 radical (unpaired) electrons. The van der Waals surface area contributed by atoms with Gasteiger partial charge in [0.15, 0.2) is 0 Å². The Hall–Kier alpha value is -3.22. The quantitative estimate of drug-likeness (QED) is 0.412. The van der Waals surface area contributed by atoms with Crippen LogP contribution >= 0.6 is 0 Å². The predicted octanol–water partition coefficient (Wildman–Crippen LogP) is 5.66. The summed E-state index contributed by atoms with van der Waals surface area (Å²) in [5, 5.41) is 21.0. The maximum Gasteiger partial charge on any atom is 0.353 e. The van der Waals surface area contributed by atoms with Crippen LogP contribution in [0.5, 0.6) is 0 Å². The van der Waals surface area contributed by atoms with Gasteiger partial charge in [-0.1, -0.05) is 36.4 Å². The molecule has 0 unspecified atom stereocenters. The number of fused-ring (bicyclic) bond motifs is 1. The number of anilines is 3. The van der Waals surface area contributed by atoms with Crippen LogP contribution in [-0.4, -0.2) is 20.4 Å². The van der Waals surface area contributed by atoms with E-state index < -0.39 is 0 Å². The Kier molecular flexibility index (Phi) is 4.13. The smallest absolute Gasteiger partial charge is 0.353 e. The molecule has 158 valence electrons. The van der Waals surface area contributed by atoms with Crippen LogP contribution < -0.4 is 10.6 Å². The number of aromatic nitrogens is 2. The van der Waals surface area contributed by atoms with Crippen molar-refractivity contribution in [2.24, 2.45) is 17.8 Å². The van der Waals surface area contributed by atoms with Gasteiger partial charge in [-0.15, -0.1) is 0 Å². The Labute approximate surface area is 180 Å². The van der Waals surface area contributed by atoms with Gasteiger partial charge >= 0.3 is 5.69 Å². The highest BCUT2D eigenvalue weighted by Gasteiger charge is 2.51. The molecule has 1 heterocycles. The maximum absolute atomic E-state index is 12.1. The lowest BCUT2D eigenvalue weighted by molar-refractivity contribution is -0.383. The number of rotatable bonds is 5. The van der Waals surface area contributed by atoms with Crippen molar-refractivity contribution in [2.45, 2.75) is 44.1 Å². The molecule has 2 aromatic carbocycles. The third-order valence-electron chi connectivity index (χ3n) is 7.47. The fraction of sp³-hybridized carbons (Fsp3) is 0.417. The lowest BCUT2D eigenvalue weighted by Gasteiger charge is -2.57. The first-order valence-electron chi connectivity index (χ1n) is 11.1. The van der Waals surface area contributed by atoms with Gasteiger partial charge in [0.1, 0.15) is 6.33 Å². The number of hydrogen-bond acceptors (Lipinski definition) is 6. The summed E-state index contributed by atoms with van der Waals surface area (Å²) < 4.78 is 0. The number of nitrogens with one attached hydrogen (secondary N) is 2. The normalized spacial score (nSPS) is 28.6. The molecular formula is C24H25N5O2. The Morgan fingerprint density at radius 3 is 2.26 bits per heavy atom. The van der Waals surface area contributed by atoms with Crippen molar-refractivity contribution in [1.82, 2.24) is 9.97 Å². The first-order valence-corrected chi connectivity index (χ1v) is 11.1. The largest absolute Gasteiger partial charge is 0.359 e. The summed E-state index contributed by atoms with van der Waals surface area (Å²) in [6, 6.07) is 13.8. The van der Waals surface area contributed by atoms with Crippen molar-refractivity contribution in [3.05, 3.63) is 58.9 Å². The van der Waals surface area contributed by atoms with Crippen LogP contribution in [0.1, 0.15) is 38.5 Å². The first kappa shape index (κ1) is 18.5. The predicted molar refractivity (Wildman–Crippen MR) is 120 cm³/mol. The van der Waals surface area contributed by atoms with Crippen LogP contribution in [0, 0.1) is 27.9 Å². The van der Waals surface area contributed by atoms with Crippen LogP contribution in [0.3, 0.4) is 0 Å². The summed E-state index contributed by atoms with van der Waals surface area (Å²) in [5.41, 5.74) is 0.650. The molecule has 1 aromatic heterocycles. The molecule has 4 aliphatic carbocycles. The van der Waals surface area contributed by atoms with Crippen LogP contribution in [0.25, 0.3) is 10.8 Å². The van der Waals surface area contributed by atoms with Gasteiger partial charge in [0, 0.05) is 16.6 Å². The van der Waals surface area contributed by atoms with Gasteiger partial charge in [-0.05, 0) is 67.7 Å². The lowest BCUT2D eigenvalue weighted by atomic mass is 9.53. The summed E-state index contributed by atoms with van der Waals surface area (Å²) in [7, 11) is 0. The first-order chi connectivity index (χ1) is 15.1. The SMILES string of the molecule is O=[N+]([O-])c1c(Nc2cccc3ccccc23)ncnc1NC12CC3CC(CC(C3)C1)C2. The highest BCUT2D eigenvalue weighted by atomic mass is 16.6. The average Bonchev–Trinajstić information content (AvgIpc) is 2.73. The van der Waals surface area contributed by atoms with E-state index in [4.69, 9.17) is 0 Å². The number of hydrogen-bond donors (Lipinski definition) is 2.